The maximum absolute atomic E-state index is 14.1. The summed E-state index contributed by atoms with van der Waals surface area (Å²) in [6.07, 6.45) is 0. The third kappa shape index (κ3) is 2.54. The number of aromatic nitrogens is 1. The lowest BCUT2D eigenvalue weighted by molar-refractivity contribution is 0.439. The second-order valence-corrected chi connectivity index (χ2v) is 5.66. The summed E-state index contributed by atoms with van der Waals surface area (Å²) >= 11 is 9.21. The van der Waals surface area contributed by atoms with E-state index >= 15 is 0 Å². The average molecular weight is 368 g/mol. The molecule has 106 valence electrons. The second-order valence-electron chi connectivity index (χ2n) is 4.37. The Morgan fingerprint density at radius 3 is 2.48 bits per heavy atom. The first-order valence-electron chi connectivity index (χ1n) is 6.03. The summed E-state index contributed by atoms with van der Waals surface area (Å²) in [7, 11) is 0. The minimum Gasteiger partial charge on any atom is -0.367 e. The van der Waals surface area contributed by atoms with E-state index in [1.54, 1.807) is 36.4 Å². The standard InChI is InChI=1S/C15H9BrClFN2O/c16-10-2-1-3-11(18)13(10)14-12(15(19)21-20-14)8-4-6-9(17)7-5-8/h1-7H,19H2. The number of nitrogens with zero attached hydrogens (tertiary/aromatic N) is 1. The summed E-state index contributed by atoms with van der Waals surface area (Å²) in [6, 6.07) is 11.7. The number of nitrogen functional groups attached to an aromatic ring is 1. The zero-order chi connectivity index (χ0) is 15.0. The molecule has 0 aliphatic heterocycles. The van der Waals surface area contributed by atoms with E-state index in [1.165, 1.54) is 6.07 Å². The number of hydrogen-bond donors (Lipinski definition) is 1. The molecule has 1 aromatic heterocycles. The first-order chi connectivity index (χ1) is 10.1. The number of anilines is 1. The third-order valence-electron chi connectivity index (χ3n) is 3.05. The molecule has 6 heteroatoms. The van der Waals surface area contributed by atoms with E-state index in [-0.39, 0.29) is 5.88 Å². The quantitative estimate of drug-likeness (QED) is 0.682. The molecule has 0 unspecified atom stereocenters. The molecule has 0 radical (unpaired) electrons. The fourth-order valence-corrected chi connectivity index (χ4v) is 2.75. The highest BCUT2D eigenvalue weighted by Gasteiger charge is 2.21. The predicted octanol–water partition coefficient (Wildman–Crippen LogP) is 5.15. The van der Waals surface area contributed by atoms with Crippen molar-refractivity contribution >= 4 is 33.4 Å². The van der Waals surface area contributed by atoms with E-state index in [4.69, 9.17) is 21.9 Å². The molecule has 21 heavy (non-hydrogen) atoms. The maximum Gasteiger partial charge on any atom is 0.230 e. The van der Waals surface area contributed by atoms with Crippen LogP contribution in [-0.4, -0.2) is 5.16 Å². The third-order valence-corrected chi connectivity index (χ3v) is 3.96. The molecule has 1 heterocycles. The van der Waals surface area contributed by atoms with Gasteiger partial charge in [-0.15, -0.1) is 0 Å². The number of benzene rings is 2. The molecule has 0 saturated carbocycles. The van der Waals surface area contributed by atoms with Crippen molar-refractivity contribution < 1.29 is 8.91 Å². The highest BCUT2D eigenvalue weighted by atomic mass is 79.9. The van der Waals surface area contributed by atoms with Crippen molar-refractivity contribution in [2.75, 3.05) is 5.73 Å². The number of nitrogens with two attached hydrogens (primary N) is 1. The summed E-state index contributed by atoms with van der Waals surface area (Å²) in [4.78, 5) is 0. The zero-order valence-electron chi connectivity index (χ0n) is 10.6. The van der Waals surface area contributed by atoms with Crippen LogP contribution in [0.1, 0.15) is 0 Å². The van der Waals surface area contributed by atoms with Gasteiger partial charge in [0.05, 0.1) is 11.1 Å². The van der Waals surface area contributed by atoms with Crippen molar-refractivity contribution in [1.29, 1.82) is 0 Å². The van der Waals surface area contributed by atoms with Crippen LogP contribution in [0.5, 0.6) is 0 Å². The van der Waals surface area contributed by atoms with Gasteiger partial charge in [-0.1, -0.05) is 35.0 Å². The van der Waals surface area contributed by atoms with Crippen LogP contribution < -0.4 is 5.73 Å². The van der Waals surface area contributed by atoms with Crippen LogP contribution >= 0.6 is 27.5 Å². The van der Waals surface area contributed by atoms with Crippen molar-refractivity contribution in [1.82, 2.24) is 5.16 Å². The fourth-order valence-electron chi connectivity index (χ4n) is 2.09. The lowest BCUT2D eigenvalue weighted by atomic mass is 10.0. The Morgan fingerprint density at radius 1 is 1.10 bits per heavy atom. The average Bonchev–Trinajstić information content (AvgIpc) is 2.82. The fraction of sp³-hybridized carbons (Fsp3) is 0. The molecule has 2 N–H and O–H groups in total. The zero-order valence-corrected chi connectivity index (χ0v) is 13.0. The van der Waals surface area contributed by atoms with E-state index in [0.29, 0.717) is 26.3 Å². The Morgan fingerprint density at radius 2 is 1.81 bits per heavy atom. The Hall–Kier alpha value is -1.85. The van der Waals surface area contributed by atoms with Gasteiger partial charge in [-0.2, -0.15) is 0 Å². The second kappa shape index (κ2) is 5.50. The molecule has 0 bridgehead atoms. The Bertz CT molecular complexity index is 782. The van der Waals surface area contributed by atoms with Crippen molar-refractivity contribution in [3.05, 3.63) is 57.8 Å². The SMILES string of the molecule is Nc1onc(-c2c(F)cccc2Br)c1-c1ccc(Cl)cc1. The van der Waals surface area contributed by atoms with E-state index in [9.17, 15) is 4.39 Å². The molecule has 3 nitrogen and oxygen atoms in total. The van der Waals surface area contributed by atoms with Gasteiger partial charge in [0, 0.05) is 9.50 Å². The van der Waals surface area contributed by atoms with Crippen molar-refractivity contribution in [2.45, 2.75) is 0 Å². The van der Waals surface area contributed by atoms with Crippen LogP contribution in [0, 0.1) is 5.82 Å². The highest BCUT2D eigenvalue weighted by molar-refractivity contribution is 9.10. The Kier molecular flexibility index (Phi) is 3.69. The van der Waals surface area contributed by atoms with Gasteiger partial charge in [0.2, 0.25) is 5.88 Å². The van der Waals surface area contributed by atoms with Gasteiger partial charge in [0.15, 0.2) is 0 Å². The van der Waals surface area contributed by atoms with Gasteiger partial charge < -0.3 is 10.3 Å². The maximum atomic E-state index is 14.1. The smallest absolute Gasteiger partial charge is 0.230 e. The van der Waals surface area contributed by atoms with Gasteiger partial charge in [-0.05, 0) is 45.8 Å². The molecule has 0 amide bonds. The number of rotatable bonds is 2. The minimum atomic E-state index is -0.409. The molecular weight excluding hydrogens is 359 g/mol. The van der Waals surface area contributed by atoms with Gasteiger partial charge >= 0.3 is 0 Å². The number of halogens is 3. The lowest BCUT2D eigenvalue weighted by Crippen LogP contribution is -1.91. The highest BCUT2D eigenvalue weighted by Crippen LogP contribution is 2.40. The van der Waals surface area contributed by atoms with Crippen LogP contribution in [0.3, 0.4) is 0 Å². The molecule has 0 fully saturated rings. The Labute approximate surface area is 133 Å². The minimum absolute atomic E-state index is 0.127. The summed E-state index contributed by atoms with van der Waals surface area (Å²) in [5.74, 6) is -0.282. The van der Waals surface area contributed by atoms with Crippen LogP contribution in [0.2, 0.25) is 5.02 Å². The molecule has 0 aliphatic carbocycles. The summed E-state index contributed by atoms with van der Waals surface area (Å²) in [5, 5.41) is 4.50. The monoisotopic (exact) mass is 366 g/mol. The van der Waals surface area contributed by atoms with Crippen molar-refractivity contribution in [2.24, 2.45) is 0 Å². The van der Waals surface area contributed by atoms with Crippen LogP contribution in [0.25, 0.3) is 22.4 Å². The first kappa shape index (κ1) is 14.1. The van der Waals surface area contributed by atoms with E-state index < -0.39 is 5.82 Å². The van der Waals surface area contributed by atoms with E-state index in [0.717, 1.165) is 5.56 Å². The van der Waals surface area contributed by atoms with Gasteiger partial charge in [0.25, 0.3) is 0 Å². The van der Waals surface area contributed by atoms with Gasteiger partial charge in [-0.3, -0.25) is 0 Å². The molecule has 0 saturated heterocycles. The first-order valence-corrected chi connectivity index (χ1v) is 7.20. The van der Waals surface area contributed by atoms with Crippen LogP contribution in [-0.2, 0) is 0 Å². The largest absolute Gasteiger partial charge is 0.367 e. The van der Waals surface area contributed by atoms with Crippen molar-refractivity contribution in [3.63, 3.8) is 0 Å². The topological polar surface area (TPSA) is 52.0 Å². The predicted molar refractivity (Wildman–Crippen MR) is 84.5 cm³/mol. The normalized spacial score (nSPS) is 10.8. The van der Waals surface area contributed by atoms with Crippen LogP contribution in [0.15, 0.2) is 51.5 Å². The lowest BCUT2D eigenvalue weighted by Gasteiger charge is -2.06. The van der Waals surface area contributed by atoms with Gasteiger partial charge in [-0.25, -0.2) is 4.39 Å². The number of hydrogen-bond acceptors (Lipinski definition) is 3. The van der Waals surface area contributed by atoms with Crippen LogP contribution in [0.4, 0.5) is 10.3 Å². The molecule has 0 spiro atoms. The Balaban J connectivity index is 2.24. The molecule has 0 aliphatic rings. The van der Waals surface area contributed by atoms with Crippen molar-refractivity contribution in [3.8, 4) is 22.4 Å². The molecule has 2 aromatic carbocycles. The summed E-state index contributed by atoms with van der Waals surface area (Å²) in [6.45, 7) is 0. The summed E-state index contributed by atoms with van der Waals surface area (Å²) in [5.41, 5.74) is 7.80. The van der Waals surface area contributed by atoms with Gasteiger partial charge in [0.1, 0.15) is 11.5 Å². The van der Waals surface area contributed by atoms with E-state index in [1.807, 2.05) is 0 Å². The molecule has 3 aromatic rings. The van der Waals surface area contributed by atoms with E-state index in [2.05, 4.69) is 21.1 Å². The molecule has 0 atom stereocenters. The molecule has 3 rings (SSSR count). The molecular formula is C15H9BrClFN2O. The summed E-state index contributed by atoms with van der Waals surface area (Å²) < 4.78 is 19.8.